The summed E-state index contributed by atoms with van der Waals surface area (Å²) in [5, 5.41) is 0. The van der Waals surface area contributed by atoms with E-state index in [0.717, 1.165) is 5.92 Å². The Morgan fingerprint density at radius 1 is 1.18 bits per heavy atom. The molecule has 0 aliphatic heterocycles. The Labute approximate surface area is 71.4 Å². The highest BCUT2D eigenvalue weighted by molar-refractivity contribution is 4.99. The molecule has 1 aliphatic rings. The Bertz CT molecular complexity index is 138. The first-order valence-corrected chi connectivity index (χ1v) is 4.92. The summed E-state index contributed by atoms with van der Waals surface area (Å²) in [5.41, 5.74) is 1.34. The van der Waals surface area contributed by atoms with Crippen molar-refractivity contribution in [2.45, 2.75) is 53.9 Å². The van der Waals surface area contributed by atoms with Gasteiger partial charge in [0.2, 0.25) is 0 Å². The molecular weight excluding hydrogens is 132 g/mol. The molecule has 0 heterocycles. The average molecular weight is 154 g/mol. The Morgan fingerprint density at radius 3 is 1.91 bits per heavy atom. The van der Waals surface area contributed by atoms with E-state index in [-0.39, 0.29) is 0 Å². The molecule has 0 aromatic heterocycles. The van der Waals surface area contributed by atoms with Crippen molar-refractivity contribution in [1.82, 2.24) is 0 Å². The number of hydrogen-bond donors (Lipinski definition) is 0. The molecule has 11 heavy (non-hydrogen) atoms. The second-order valence-corrected chi connectivity index (χ2v) is 5.33. The van der Waals surface area contributed by atoms with Crippen molar-refractivity contribution >= 4 is 0 Å². The fourth-order valence-electron chi connectivity index (χ4n) is 2.56. The summed E-state index contributed by atoms with van der Waals surface area (Å²) in [6, 6.07) is 0. The lowest BCUT2D eigenvalue weighted by molar-refractivity contribution is -0.0500. The van der Waals surface area contributed by atoms with Gasteiger partial charge in [0.05, 0.1) is 0 Å². The van der Waals surface area contributed by atoms with E-state index in [1.54, 1.807) is 0 Å². The molecule has 0 bridgehead atoms. The first-order valence-electron chi connectivity index (χ1n) is 4.92. The summed E-state index contributed by atoms with van der Waals surface area (Å²) in [6.07, 6.45) is 4.23. The Balaban J connectivity index is 2.49. The van der Waals surface area contributed by atoms with Gasteiger partial charge in [-0.25, -0.2) is 0 Å². The fourth-order valence-corrected chi connectivity index (χ4v) is 2.56. The predicted molar refractivity (Wildman–Crippen MR) is 50.6 cm³/mol. The minimum absolute atomic E-state index is 0.658. The van der Waals surface area contributed by atoms with E-state index >= 15 is 0 Å². The lowest BCUT2D eigenvalue weighted by Crippen LogP contribution is -2.45. The quantitative estimate of drug-likeness (QED) is 0.566. The van der Waals surface area contributed by atoms with Crippen molar-refractivity contribution < 1.29 is 0 Å². The van der Waals surface area contributed by atoms with Crippen LogP contribution in [0.2, 0.25) is 0 Å². The predicted octanol–water partition coefficient (Wildman–Crippen LogP) is 3.86. The van der Waals surface area contributed by atoms with Crippen LogP contribution in [0.25, 0.3) is 0 Å². The molecular formula is C11H22. The van der Waals surface area contributed by atoms with Gasteiger partial charge in [-0.15, -0.1) is 0 Å². The van der Waals surface area contributed by atoms with Gasteiger partial charge in [-0.05, 0) is 29.6 Å². The first kappa shape index (κ1) is 9.09. The summed E-state index contributed by atoms with van der Waals surface area (Å²) in [4.78, 5) is 0. The summed E-state index contributed by atoms with van der Waals surface area (Å²) in [6.45, 7) is 11.9. The molecule has 1 saturated carbocycles. The highest BCUT2D eigenvalue weighted by Crippen LogP contribution is 2.59. The van der Waals surface area contributed by atoms with Crippen LogP contribution in [0.1, 0.15) is 53.9 Å². The monoisotopic (exact) mass is 154 g/mol. The molecule has 0 spiro atoms. The van der Waals surface area contributed by atoms with Crippen molar-refractivity contribution in [3.8, 4) is 0 Å². The Morgan fingerprint density at radius 2 is 1.64 bits per heavy atom. The van der Waals surface area contributed by atoms with Crippen LogP contribution in [0.15, 0.2) is 0 Å². The molecule has 66 valence electrons. The van der Waals surface area contributed by atoms with Crippen LogP contribution >= 0.6 is 0 Å². The topological polar surface area (TPSA) is 0 Å². The molecule has 0 nitrogen and oxygen atoms in total. The third-order valence-electron chi connectivity index (χ3n) is 3.91. The van der Waals surface area contributed by atoms with Crippen LogP contribution in [-0.2, 0) is 0 Å². The summed E-state index contributed by atoms with van der Waals surface area (Å²) >= 11 is 0. The van der Waals surface area contributed by atoms with E-state index in [0.29, 0.717) is 10.8 Å². The minimum atomic E-state index is 0.658. The number of hydrogen-bond acceptors (Lipinski definition) is 0. The van der Waals surface area contributed by atoms with Crippen LogP contribution in [0, 0.1) is 16.7 Å². The van der Waals surface area contributed by atoms with Crippen LogP contribution in [0.5, 0.6) is 0 Å². The summed E-state index contributed by atoms with van der Waals surface area (Å²) in [7, 11) is 0. The van der Waals surface area contributed by atoms with E-state index in [2.05, 4.69) is 34.6 Å². The van der Waals surface area contributed by atoms with E-state index in [4.69, 9.17) is 0 Å². The Kier molecular flexibility index (Phi) is 2.07. The molecule has 0 unspecified atom stereocenters. The second-order valence-electron chi connectivity index (χ2n) is 5.33. The van der Waals surface area contributed by atoms with Gasteiger partial charge in [0, 0.05) is 0 Å². The smallest absolute Gasteiger partial charge is 0.0292 e. The highest BCUT2D eigenvalue weighted by atomic mass is 14.5. The number of rotatable bonds is 2. The van der Waals surface area contributed by atoms with Gasteiger partial charge in [0.1, 0.15) is 0 Å². The SMILES string of the molecule is CCC1(C)CC(C)(C(C)C)C1. The maximum atomic E-state index is 2.44. The average Bonchev–Trinajstić information content (AvgIpc) is 1.84. The molecule has 1 fully saturated rings. The summed E-state index contributed by atoms with van der Waals surface area (Å²) in [5.74, 6) is 0.863. The van der Waals surface area contributed by atoms with Gasteiger partial charge in [-0.1, -0.05) is 41.0 Å². The zero-order valence-electron chi connectivity index (χ0n) is 8.70. The minimum Gasteiger partial charge on any atom is -0.0649 e. The van der Waals surface area contributed by atoms with Crippen molar-refractivity contribution in [2.75, 3.05) is 0 Å². The van der Waals surface area contributed by atoms with E-state index in [9.17, 15) is 0 Å². The highest BCUT2D eigenvalue weighted by Gasteiger charge is 2.48. The van der Waals surface area contributed by atoms with Crippen LogP contribution < -0.4 is 0 Å². The van der Waals surface area contributed by atoms with Gasteiger partial charge in [-0.3, -0.25) is 0 Å². The zero-order chi connectivity index (χ0) is 8.70. The van der Waals surface area contributed by atoms with Crippen molar-refractivity contribution in [3.05, 3.63) is 0 Å². The van der Waals surface area contributed by atoms with Gasteiger partial charge >= 0.3 is 0 Å². The molecule has 1 rings (SSSR count). The molecule has 0 N–H and O–H groups in total. The molecule has 0 amide bonds. The van der Waals surface area contributed by atoms with E-state index < -0.39 is 0 Å². The normalized spacial score (nSPS) is 44.2. The van der Waals surface area contributed by atoms with Crippen molar-refractivity contribution in [3.63, 3.8) is 0 Å². The summed E-state index contributed by atoms with van der Waals surface area (Å²) < 4.78 is 0. The zero-order valence-corrected chi connectivity index (χ0v) is 8.70. The maximum Gasteiger partial charge on any atom is -0.0292 e. The largest absolute Gasteiger partial charge is 0.0649 e. The molecule has 0 radical (unpaired) electrons. The third kappa shape index (κ3) is 1.45. The third-order valence-corrected chi connectivity index (χ3v) is 3.91. The lowest BCUT2D eigenvalue weighted by Gasteiger charge is -2.55. The molecule has 0 atom stereocenters. The van der Waals surface area contributed by atoms with Crippen molar-refractivity contribution in [2.24, 2.45) is 16.7 Å². The Hall–Kier alpha value is 0. The van der Waals surface area contributed by atoms with Gasteiger partial charge in [0.25, 0.3) is 0 Å². The van der Waals surface area contributed by atoms with Gasteiger partial charge < -0.3 is 0 Å². The lowest BCUT2D eigenvalue weighted by atomic mass is 9.50. The molecule has 0 aromatic rings. The molecule has 0 heteroatoms. The molecule has 1 aliphatic carbocycles. The van der Waals surface area contributed by atoms with Crippen molar-refractivity contribution in [1.29, 1.82) is 0 Å². The van der Waals surface area contributed by atoms with Gasteiger partial charge in [0.15, 0.2) is 0 Å². The van der Waals surface area contributed by atoms with E-state index in [1.165, 1.54) is 19.3 Å². The van der Waals surface area contributed by atoms with Crippen LogP contribution in [0.4, 0.5) is 0 Å². The molecule has 0 aromatic carbocycles. The standard InChI is InChI=1S/C11H22/c1-6-10(4)7-11(5,8-10)9(2)3/h9H,6-8H2,1-5H3. The second kappa shape index (κ2) is 2.50. The maximum absolute atomic E-state index is 2.44. The van der Waals surface area contributed by atoms with Crippen LogP contribution in [-0.4, -0.2) is 0 Å². The fraction of sp³-hybridized carbons (Fsp3) is 1.00. The molecule has 0 saturated heterocycles. The first-order chi connectivity index (χ1) is 4.92. The van der Waals surface area contributed by atoms with Gasteiger partial charge in [-0.2, -0.15) is 0 Å². The van der Waals surface area contributed by atoms with Crippen LogP contribution in [0.3, 0.4) is 0 Å². The van der Waals surface area contributed by atoms with E-state index in [1.807, 2.05) is 0 Å².